The Kier molecular flexibility index (Phi) is 4.79. The zero-order chi connectivity index (χ0) is 22.8. The van der Waals surface area contributed by atoms with Crippen molar-refractivity contribution in [2.24, 2.45) is 10.8 Å². The molecule has 2 heterocycles. The van der Waals surface area contributed by atoms with Gasteiger partial charge in [-0.15, -0.1) is 0 Å². The summed E-state index contributed by atoms with van der Waals surface area (Å²) in [5.74, 6) is 2.25. The van der Waals surface area contributed by atoms with E-state index in [1.54, 1.807) is 0 Å². The second kappa shape index (κ2) is 7.21. The van der Waals surface area contributed by atoms with Crippen molar-refractivity contribution in [3.63, 3.8) is 0 Å². The van der Waals surface area contributed by atoms with Crippen molar-refractivity contribution in [3.05, 3.63) is 69.8 Å². The van der Waals surface area contributed by atoms with Gasteiger partial charge >= 0.3 is 0 Å². The van der Waals surface area contributed by atoms with Gasteiger partial charge in [-0.3, -0.25) is 9.59 Å². The maximum Gasteiger partial charge on any atom is 0.163 e. The molecule has 2 aromatic rings. The van der Waals surface area contributed by atoms with Crippen LogP contribution in [0.2, 0.25) is 5.02 Å². The summed E-state index contributed by atoms with van der Waals surface area (Å²) >= 11 is 6.03. The molecule has 0 saturated heterocycles. The Morgan fingerprint density at radius 3 is 1.84 bits per heavy atom. The van der Waals surface area contributed by atoms with Crippen LogP contribution >= 0.6 is 11.6 Å². The third-order valence-corrected chi connectivity index (χ3v) is 6.87. The molecule has 32 heavy (non-hydrogen) atoms. The van der Waals surface area contributed by atoms with Crippen LogP contribution in [-0.2, 0) is 14.3 Å². The quantitative estimate of drug-likeness (QED) is 0.494. The molecule has 1 aromatic heterocycles. The first kappa shape index (κ1) is 21.3. The van der Waals surface area contributed by atoms with E-state index >= 15 is 0 Å². The molecule has 0 spiro atoms. The Labute approximate surface area is 193 Å². The van der Waals surface area contributed by atoms with Gasteiger partial charge < -0.3 is 9.15 Å². The highest BCUT2D eigenvalue weighted by Crippen LogP contribution is 2.53. The number of halogens is 1. The van der Waals surface area contributed by atoms with Gasteiger partial charge in [-0.1, -0.05) is 39.3 Å². The van der Waals surface area contributed by atoms with Crippen molar-refractivity contribution < 1.29 is 18.7 Å². The Hall–Kier alpha value is -2.59. The van der Waals surface area contributed by atoms with E-state index in [2.05, 4.69) is 27.7 Å². The number of furan rings is 1. The molecule has 0 fully saturated rings. The Bertz CT molecular complexity index is 1140. The molecule has 1 aromatic carbocycles. The molecule has 0 saturated carbocycles. The highest BCUT2D eigenvalue weighted by Gasteiger charge is 2.48. The minimum atomic E-state index is -0.512. The van der Waals surface area contributed by atoms with Gasteiger partial charge in [0.05, 0.1) is 5.92 Å². The normalized spacial score (nSPS) is 22.5. The topological polar surface area (TPSA) is 56.5 Å². The van der Waals surface area contributed by atoms with E-state index in [9.17, 15) is 9.59 Å². The lowest BCUT2D eigenvalue weighted by Gasteiger charge is -2.42. The van der Waals surface area contributed by atoms with E-state index in [0.29, 0.717) is 64.9 Å². The first-order valence-electron chi connectivity index (χ1n) is 11.1. The van der Waals surface area contributed by atoms with Crippen LogP contribution in [-0.4, -0.2) is 11.6 Å². The summed E-state index contributed by atoms with van der Waals surface area (Å²) in [6.45, 7) is 8.33. The Morgan fingerprint density at radius 1 is 0.781 bits per heavy atom. The standard InChI is InChI=1S/C27H27ClO4/c1-26(2)11-17(29)23-21(13-26)32-22-14-27(3,4)12-18(30)24(22)25(23)20-10-9-19(31-20)15-5-7-16(28)8-6-15/h5-10,25H,11-14H2,1-4H3. The molecule has 3 aliphatic rings. The molecule has 1 aliphatic heterocycles. The zero-order valence-corrected chi connectivity index (χ0v) is 19.6. The van der Waals surface area contributed by atoms with Gasteiger partial charge in [0.15, 0.2) is 11.6 Å². The third-order valence-electron chi connectivity index (χ3n) is 6.62. The molecule has 166 valence electrons. The molecule has 0 bridgehead atoms. The van der Waals surface area contributed by atoms with E-state index < -0.39 is 5.92 Å². The average molecular weight is 451 g/mol. The number of ketones is 2. The van der Waals surface area contributed by atoms with Gasteiger partial charge in [0.1, 0.15) is 23.0 Å². The summed E-state index contributed by atoms with van der Waals surface area (Å²) in [5.41, 5.74) is 1.72. The molecule has 2 aliphatic carbocycles. The zero-order valence-electron chi connectivity index (χ0n) is 18.9. The number of carbonyl (C=O) groups is 2. The van der Waals surface area contributed by atoms with Crippen LogP contribution in [0.25, 0.3) is 11.3 Å². The third kappa shape index (κ3) is 3.65. The van der Waals surface area contributed by atoms with Gasteiger partial charge in [-0.25, -0.2) is 0 Å². The molecule has 5 rings (SSSR count). The fourth-order valence-corrected chi connectivity index (χ4v) is 5.36. The monoisotopic (exact) mass is 450 g/mol. The highest BCUT2D eigenvalue weighted by atomic mass is 35.5. The number of allylic oxidation sites excluding steroid dienone is 4. The van der Waals surface area contributed by atoms with E-state index in [-0.39, 0.29) is 22.4 Å². The van der Waals surface area contributed by atoms with Crippen molar-refractivity contribution in [2.45, 2.75) is 59.3 Å². The summed E-state index contributed by atoms with van der Waals surface area (Å²) in [4.78, 5) is 26.6. The first-order chi connectivity index (χ1) is 15.0. The summed E-state index contributed by atoms with van der Waals surface area (Å²) in [5, 5.41) is 0.653. The lowest BCUT2D eigenvalue weighted by Crippen LogP contribution is -2.37. The number of hydrogen-bond acceptors (Lipinski definition) is 4. The smallest absolute Gasteiger partial charge is 0.163 e. The molecule has 0 atom stereocenters. The van der Waals surface area contributed by atoms with E-state index in [1.165, 1.54) is 0 Å². The van der Waals surface area contributed by atoms with Crippen molar-refractivity contribution in [2.75, 3.05) is 0 Å². The van der Waals surface area contributed by atoms with Gasteiger partial charge in [-0.05, 0) is 47.2 Å². The second-order valence-electron chi connectivity index (χ2n) is 10.8. The van der Waals surface area contributed by atoms with E-state index in [0.717, 1.165) is 5.56 Å². The maximum atomic E-state index is 13.3. The van der Waals surface area contributed by atoms with Gasteiger partial charge in [-0.2, -0.15) is 0 Å². The largest absolute Gasteiger partial charge is 0.465 e. The highest BCUT2D eigenvalue weighted by molar-refractivity contribution is 6.30. The number of ether oxygens (including phenoxy) is 1. The molecule has 0 amide bonds. The molecular formula is C27H27ClO4. The summed E-state index contributed by atoms with van der Waals surface area (Å²) in [6, 6.07) is 11.2. The van der Waals surface area contributed by atoms with Crippen LogP contribution in [0.1, 0.15) is 65.1 Å². The van der Waals surface area contributed by atoms with Gasteiger partial charge in [0.25, 0.3) is 0 Å². The number of benzene rings is 1. The Balaban J connectivity index is 1.64. The second-order valence-corrected chi connectivity index (χ2v) is 11.2. The summed E-state index contributed by atoms with van der Waals surface area (Å²) in [7, 11) is 0. The summed E-state index contributed by atoms with van der Waals surface area (Å²) in [6.07, 6.45) is 2.19. The fraction of sp³-hybridized carbons (Fsp3) is 0.407. The van der Waals surface area contributed by atoms with Crippen LogP contribution in [0.15, 0.2) is 63.5 Å². The van der Waals surface area contributed by atoms with Crippen molar-refractivity contribution in [3.8, 4) is 11.3 Å². The van der Waals surface area contributed by atoms with Gasteiger partial charge in [0.2, 0.25) is 0 Å². The van der Waals surface area contributed by atoms with Crippen molar-refractivity contribution >= 4 is 23.2 Å². The first-order valence-corrected chi connectivity index (χ1v) is 11.5. The fourth-order valence-electron chi connectivity index (χ4n) is 5.24. The summed E-state index contributed by atoms with van der Waals surface area (Å²) < 4.78 is 12.6. The lowest BCUT2D eigenvalue weighted by molar-refractivity contribution is -0.120. The number of Topliss-reactive ketones (excluding diaryl/α,β-unsaturated/α-hetero) is 2. The minimum absolute atomic E-state index is 0.0369. The molecule has 0 radical (unpaired) electrons. The molecule has 4 nitrogen and oxygen atoms in total. The van der Waals surface area contributed by atoms with Gasteiger partial charge in [0, 0.05) is 47.4 Å². The van der Waals surface area contributed by atoms with Crippen LogP contribution in [0.4, 0.5) is 0 Å². The van der Waals surface area contributed by atoms with Crippen LogP contribution in [0.3, 0.4) is 0 Å². The number of rotatable bonds is 2. The molecule has 5 heteroatoms. The van der Waals surface area contributed by atoms with Crippen LogP contribution in [0, 0.1) is 10.8 Å². The molecule has 0 N–H and O–H groups in total. The predicted octanol–water partition coefficient (Wildman–Crippen LogP) is 7.00. The van der Waals surface area contributed by atoms with Crippen LogP contribution < -0.4 is 0 Å². The van der Waals surface area contributed by atoms with Crippen molar-refractivity contribution in [1.82, 2.24) is 0 Å². The maximum absolute atomic E-state index is 13.3. The average Bonchev–Trinajstić information content (AvgIpc) is 3.14. The number of carbonyl (C=O) groups excluding carboxylic acids is 2. The predicted molar refractivity (Wildman–Crippen MR) is 123 cm³/mol. The van der Waals surface area contributed by atoms with E-state index in [1.807, 2.05) is 36.4 Å². The lowest BCUT2D eigenvalue weighted by atomic mass is 9.66. The Morgan fingerprint density at radius 2 is 1.31 bits per heavy atom. The molecule has 0 unspecified atom stereocenters. The SMILES string of the molecule is CC1(C)CC(=O)C2=C(C1)OC1=C(C(=O)CC(C)(C)C1)C2c1ccc(-c2ccc(Cl)cc2)o1. The van der Waals surface area contributed by atoms with Crippen LogP contribution in [0.5, 0.6) is 0 Å². The number of hydrogen-bond donors (Lipinski definition) is 0. The minimum Gasteiger partial charge on any atom is -0.465 e. The van der Waals surface area contributed by atoms with Crippen molar-refractivity contribution in [1.29, 1.82) is 0 Å². The van der Waals surface area contributed by atoms with E-state index in [4.69, 9.17) is 20.8 Å². The molecular weight excluding hydrogens is 424 g/mol.